The number of carbonyl (C=O) groups is 1. The van der Waals surface area contributed by atoms with Crippen LogP contribution in [0.25, 0.3) is 10.9 Å². The fourth-order valence-corrected chi connectivity index (χ4v) is 4.14. The first-order valence-electron chi connectivity index (χ1n) is 8.56. The molecule has 24 heavy (non-hydrogen) atoms. The summed E-state index contributed by atoms with van der Waals surface area (Å²) in [6.07, 6.45) is 1.75. The van der Waals surface area contributed by atoms with Crippen molar-refractivity contribution >= 4 is 16.8 Å². The maximum absolute atomic E-state index is 11.9. The number of piperidine rings is 1. The summed E-state index contributed by atoms with van der Waals surface area (Å²) < 4.78 is 5.43. The Labute approximate surface area is 142 Å². The highest BCUT2D eigenvalue weighted by Gasteiger charge is 2.40. The van der Waals surface area contributed by atoms with Gasteiger partial charge in [-0.3, -0.25) is 9.69 Å². The van der Waals surface area contributed by atoms with Gasteiger partial charge >= 0.3 is 0 Å². The predicted molar refractivity (Wildman–Crippen MR) is 92.9 cm³/mol. The molecule has 2 aliphatic heterocycles. The smallest absolute Gasteiger partial charge is 0.222 e. The Balaban J connectivity index is 1.52. The summed E-state index contributed by atoms with van der Waals surface area (Å²) in [5.74, 6) is 1.57. The van der Waals surface area contributed by atoms with Crippen LogP contribution in [0.1, 0.15) is 18.5 Å². The normalized spacial score (nSPS) is 24.4. The van der Waals surface area contributed by atoms with Crippen molar-refractivity contribution in [3.63, 3.8) is 0 Å². The Bertz CT molecular complexity index is 776. The van der Waals surface area contributed by atoms with E-state index in [4.69, 9.17) is 9.72 Å². The average molecular weight is 325 g/mol. The quantitative estimate of drug-likeness (QED) is 0.869. The second-order valence-electron chi connectivity index (χ2n) is 6.89. The van der Waals surface area contributed by atoms with Crippen molar-refractivity contribution in [3.05, 3.63) is 36.0 Å². The largest absolute Gasteiger partial charge is 0.494 e. The molecule has 0 N–H and O–H groups in total. The summed E-state index contributed by atoms with van der Waals surface area (Å²) in [6, 6.07) is 10.6. The molecule has 0 aliphatic carbocycles. The maximum Gasteiger partial charge on any atom is 0.222 e. The maximum atomic E-state index is 11.9. The lowest BCUT2D eigenvalue weighted by Gasteiger charge is -2.36. The minimum atomic E-state index is 0.292. The van der Waals surface area contributed by atoms with Gasteiger partial charge in [0.2, 0.25) is 5.91 Å². The van der Waals surface area contributed by atoms with Crippen molar-refractivity contribution in [3.8, 4) is 5.75 Å². The van der Waals surface area contributed by atoms with Gasteiger partial charge in [-0.05, 0) is 18.6 Å². The first-order chi connectivity index (χ1) is 11.7. The molecule has 4 rings (SSSR count). The molecule has 0 bridgehead atoms. The van der Waals surface area contributed by atoms with Gasteiger partial charge in [0.1, 0.15) is 11.3 Å². The molecule has 1 amide bonds. The van der Waals surface area contributed by atoms with Crippen LogP contribution in [-0.2, 0) is 11.3 Å². The number of pyridine rings is 1. The van der Waals surface area contributed by atoms with Gasteiger partial charge in [0.15, 0.2) is 0 Å². The molecular weight excluding hydrogens is 302 g/mol. The molecule has 0 spiro atoms. The Morgan fingerprint density at radius 1 is 1.29 bits per heavy atom. The minimum Gasteiger partial charge on any atom is -0.494 e. The lowest BCUT2D eigenvalue weighted by molar-refractivity contribution is -0.127. The van der Waals surface area contributed by atoms with Gasteiger partial charge in [-0.2, -0.15) is 0 Å². The Hall–Kier alpha value is -2.14. The number of aromatic nitrogens is 1. The van der Waals surface area contributed by atoms with Crippen LogP contribution in [-0.4, -0.2) is 54.0 Å². The molecule has 2 saturated heterocycles. The number of carbonyl (C=O) groups excluding carboxylic acids is 1. The number of para-hydroxylation sites is 1. The molecule has 2 aliphatic rings. The van der Waals surface area contributed by atoms with Crippen LogP contribution >= 0.6 is 0 Å². The van der Waals surface area contributed by atoms with E-state index in [1.54, 1.807) is 7.11 Å². The van der Waals surface area contributed by atoms with Crippen molar-refractivity contribution in [2.75, 3.05) is 27.2 Å². The van der Waals surface area contributed by atoms with E-state index < -0.39 is 0 Å². The number of amides is 1. The van der Waals surface area contributed by atoms with Crippen LogP contribution in [0.5, 0.6) is 5.75 Å². The van der Waals surface area contributed by atoms with E-state index in [0.29, 0.717) is 24.3 Å². The Morgan fingerprint density at radius 2 is 2.17 bits per heavy atom. The van der Waals surface area contributed by atoms with Crippen molar-refractivity contribution in [1.29, 1.82) is 0 Å². The van der Waals surface area contributed by atoms with Crippen LogP contribution in [0.3, 0.4) is 0 Å². The molecule has 0 radical (unpaired) electrons. The van der Waals surface area contributed by atoms with Gasteiger partial charge in [-0.25, -0.2) is 4.98 Å². The molecule has 0 unspecified atom stereocenters. The van der Waals surface area contributed by atoms with E-state index in [9.17, 15) is 4.79 Å². The van der Waals surface area contributed by atoms with E-state index in [1.165, 1.54) is 0 Å². The van der Waals surface area contributed by atoms with Crippen molar-refractivity contribution in [2.45, 2.75) is 25.4 Å². The fourth-order valence-electron chi connectivity index (χ4n) is 4.14. The zero-order valence-electron chi connectivity index (χ0n) is 14.2. The lowest BCUT2D eigenvalue weighted by Crippen LogP contribution is -2.44. The summed E-state index contributed by atoms with van der Waals surface area (Å²) in [4.78, 5) is 21.1. The summed E-state index contributed by atoms with van der Waals surface area (Å²) in [6.45, 7) is 2.83. The van der Waals surface area contributed by atoms with Crippen LogP contribution < -0.4 is 4.74 Å². The zero-order chi connectivity index (χ0) is 16.7. The fraction of sp³-hybridized carbons (Fsp3) is 0.474. The molecule has 3 heterocycles. The van der Waals surface area contributed by atoms with E-state index in [2.05, 4.69) is 23.1 Å². The van der Waals surface area contributed by atoms with E-state index >= 15 is 0 Å². The molecule has 126 valence electrons. The lowest BCUT2D eigenvalue weighted by atomic mass is 9.93. The number of nitrogens with zero attached hydrogens (tertiary/aromatic N) is 3. The van der Waals surface area contributed by atoms with Gasteiger partial charge in [-0.1, -0.05) is 18.2 Å². The van der Waals surface area contributed by atoms with Crippen molar-refractivity contribution in [2.24, 2.45) is 5.92 Å². The number of methoxy groups -OCH3 is 1. The molecule has 1 aromatic carbocycles. The minimum absolute atomic E-state index is 0.292. The highest BCUT2D eigenvalue weighted by Crippen LogP contribution is 2.32. The van der Waals surface area contributed by atoms with Gasteiger partial charge < -0.3 is 9.64 Å². The topological polar surface area (TPSA) is 45.7 Å². The van der Waals surface area contributed by atoms with Crippen LogP contribution in [0.2, 0.25) is 0 Å². The predicted octanol–water partition coefficient (Wildman–Crippen LogP) is 2.30. The molecule has 1 aromatic heterocycles. The third-order valence-corrected chi connectivity index (χ3v) is 5.45. The SMILES string of the molecule is COc1cccc2ccc(CN3CC[C@H]4[C@H](CC(=O)N4C)C3)nc12. The number of hydrogen-bond donors (Lipinski definition) is 0. The van der Waals surface area contributed by atoms with Crippen LogP contribution in [0.4, 0.5) is 0 Å². The number of benzene rings is 1. The zero-order valence-corrected chi connectivity index (χ0v) is 14.2. The molecule has 2 aromatic rings. The molecule has 2 atom stereocenters. The average Bonchev–Trinajstić information content (AvgIpc) is 2.88. The van der Waals surface area contributed by atoms with Crippen LogP contribution in [0, 0.1) is 5.92 Å². The summed E-state index contributed by atoms with van der Waals surface area (Å²) in [5, 5.41) is 1.10. The number of hydrogen-bond acceptors (Lipinski definition) is 4. The van der Waals surface area contributed by atoms with Crippen molar-refractivity contribution in [1.82, 2.24) is 14.8 Å². The molecule has 0 saturated carbocycles. The number of likely N-dealkylation sites (tertiary alicyclic amines) is 2. The molecule has 5 nitrogen and oxygen atoms in total. The van der Waals surface area contributed by atoms with E-state index in [1.807, 2.05) is 24.1 Å². The van der Waals surface area contributed by atoms with E-state index in [0.717, 1.165) is 48.4 Å². The third-order valence-electron chi connectivity index (χ3n) is 5.45. The first kappa shape index (κ1) is 15.4. The van der Waals surface area contributed by atoms with Gasteiger partial charge in [0, 0.05) is 50.4 Å². The van der Waals surface area contributed by atoms with E-state index in [-0.39, 0.29) is 0 Å². The summed E-state index contributed by atoms with van der Waals surface area (Å²) >= 11 is 0. The van der Waals surface area contributed by atoms with Crippen LogP contribution in [0.15, 0.2) is 30.3 Å². The third kappa shape index (κ3) is 2.63. The first-order valence-corrected chi connectivity index (χ1v) is 8.56. The Kier molecular flexibility index (Phi) is 3.88. The number of rotatable bonds is 3. The monoisotopic (exact) mass is 325 g/mol. The summed E-state index contributed by atoms with van der Waals surface area (Å²) in [5.41, 5.74) is 1.98. The Morgan fingerprint density at radius 3 is 3.00 bits per heavy atom. The van der Waals surface area contributed by atoms with Gasteiger partial charge in [-0.15, -0.1) is 0 Å². The molecular formula is C19H23N3O2. The molecule has 2 fully saturated rings. The van der Waals surface area contributed by atoms with Gasteiger partial charge in [0.05, 0.1) is 12.8 Å². The molecule has 5 heteroatoms. The van der Waals surface area contributed by atoms with Crippen molar-refractivity contribution < 1.29 is 9.53 Å². The highest BCUT2D eigenvalue weighted by molar-refractivity contribution is 5.84. The van der Waals surface area contributed by atoms with Gasteiger partial charge in [0.25, 0.3) is 0 Å². The standard InChI is InChI=1S/C19H23N3O2/c1-21-16-8-9-22(11-14(16)10-18(21)23)12-15-7-6-13-4-3-5-17(24-2)19(13)20-15/h3-7,14,16H,8-12H2,1-2H3/t14-,16+/m1/s1. The number of ether oxygens (including phenoxy) is 1. The number of fused-ring (bicyclic) bond motifs is 2. The summed E-state index contributed by atoms with van der Waals surface area (Å²) in [7, 11) is 3.63. The second-order valence-corrected chi connectivity index (χ2v) is 6.89. The highest BCUT2D eigenvalue weighted by atomic mass is 16.5. The second kappa shape index (κ2) is 6.06.